The van der Waals surface area contributed by atoms with Gasteiger partial charge >= 0.3 is 11.9 Å². The van der Waals surface area contributed by atoms with Crippen LogP contribution in [0.25, 0.3) is 5.57 Å². The number of aliphatic carboxylic acids is 2. The first kappa shape index (κ1) is 30.9. The van der Waals surface area contributed by atoms with Crippen molar-refractivity contribution in [1.82, 2.24) is 15.6 Å². The van der Waals surface area contributed by atoms with Gasteiger partial charge in [-0.1, -0.05) is 26.5 Å². The van der Waals surface area contributed by atoms with Crippen molar-refractivity contribution in [3.8, 4) is 0 Å². The van der Waals surface area contributed by atoms with Gasteiger partial charge in [-0.3, -0.25) is 29.0 Å². The number of fused-ring (bicyclic) bond motifs is 1. The zero-order valence-electron chi connectivity index (χ0n) is 25.6. The fourth-order valence-electron chi connectivity index (χ4n) is 7.29. The number of hydrogen-bond donors (Lipinski definition) is 5. The predicted molar refractivity (Wildman–Crippen MR) is 163 cm³/mol. The van der Waals surface area contributed by atoms with Crippen molar-refractivity contribution >= 4 is 40.8 Å². The van der Waals surface area contributed by atoms with Crippen LogP contribution in [0.4, 0.5) is 0 Å². The second kappa shape index (κ2) is 11.5. The van der Waals surface area contributed by atoms with Crippen molar-refractivity contribution in [2.45, 2.75) is 78.8 Å². The van der Waals surface area contributed by atoms with Gasteiger partial charge in [-0.25, -0.2) is 0 Å². The van der Waals surface area contributed by atoms with Crippen LogP contribution in [0.3, 0.4) is 0 Å². The molecule has 5 atom stereocenters. The van der Waals surface area contributed by atoms with Crippen molar-refractivity contribution in [3.63, 3.8) is 0 Å². The van der Waals surface area contributed by atoms with Crippen LogP contribution in [-0.4, -0.2) is 62.5 Å². The molecule has 0 saturated heterocycles. The molecule has 5 N–H and O–H groups in total. The van der Waals surface area contributed by atoms with Gasteiger partial charge in [0.25, 0.3) is 5.91 Å². The lowest BCUT2D eigenvalue weighted by atomic mass is 9.82. The Bertz CT molecular complexity index is 1650. The molecule has 1 aromatic rings. The molecule has 0 spiro atoms. The van der Waals surface area contributed by atoms with E-state index in [1.807, 2.05) is 20.8 Å². The standard InChI is InChI=1S/C33H38N4O7/c1-7-17-15(5)31(41)37-23(17)12-22-16(6)25-29(35-22)26(27(30(25)40)33(43)44)28-19(9-10-24(38)39)14(4)20(34-28)11-21-13(3)18(8-2)32(42)36-21/h8,14,19,21,23,27,35H,2,7,9-12H2,1,3-6H3,(H,36,42)(H,37,41)(H,38,39)(H,43,44)/b28-26-/t14-,19-,21?,23?,27+/m0/s1. The number of amides is 2. The summed E-state index contributed by atoms with van der Waals surface area (Å²) in [5, 5.41) is 25.7. The maximum atomic E-state index is 13.7. The summed E-state index contributed by atoms with van der Waals surface area (Å²) in [6.45, 7) is 13.0. The molecule has 2 amide bonds. The molecule has 0 saturated carbocycles. The summed E-state index contributed by atoms with van der Waals surface area (Å²) in [4.78, 5) is 71.1. The molecule has 5 rings (SSSR count). The van der Waals surface area contributed by atoms with Gasteiger partial charge in [-0.2, -0.15) is 0 Å². The van der Waals surface area contributed by atoms with E-state index in [1.54, 1.807) is 13.8 Å². The Morgan fingerprint density at radius 1 is 1.02 bits per heavy atom. The minimum Gasteiger partial charge on any atom is -0.481 e. The number of nitrogens with zero attached hydrogens (tertiary/aromatic N) is 1. The number of aromatic nitrogens is 1. The Balaban J connectivity index is 1.62. The zero-order chi connectivity index (χ0) is 32.2. The number of carboxylic acid groups (broad SMARTS) is 2. The van der Waals surface area contributed by atoms with Crippen LogP contribution in [0.15, 0.2) is 45.6 Å². The van der Waals surface area contributed by atoms with Gasteiger partial charge in [0.2, 0.25) is 5.91 Å². The molecule has 44 heavy (non-hydrogen) atoms. The third-order valence-corrected chi connectivity index (χ3v) is 9.81. The lowest BCUT2D eigenvalue weighted by molar-refractivity contribution is -0.139. The Hall–Kier alpha value is -4.54. The van der Waals surface area contributed by atoms with E-state index >= 15 is 0 Å². The molecule has 2 unspecified atom stereocenters. The van der Waals surface area contributed by atoms with E-state index < -0.39 is 29.6 Å². The van der Waals surface area contributed by atoms with Crippen molar-refractivity contribution in [2.24, 2.45) is 22.7 Å². The number of carboxylic acids is 2. The molecule has 3 aliphatic heterocycles. The fourth-order valence-corrected chi connectivity index (χ4v) is 7.29. The van der Waals surface area contributed by atoms with Crippen LogP contribution in [0.5, 0.6) is 0 Å². The smallest absolute Gasteiger partial charge is 0.319 e. The highest BCUT2D eigenvalue weighted by Crippen LogP contribution is 2.48. The van der Waals surface area contributed by atoms with Gasteiger partial charge < -0.3 is 25.8 Å². The number of nitrogens with one attached hydrogen (secondary N) is 3. The van der Waals surface area contributed by atoms with Crippen LogP contribution in [0, 0.1) is 24.7 Å². The number of ketones is 1. The third-order valence-electron chi connectivity index (χ3n) is 9.81. The Labute approximate surface area is 255 Å². The number of allylic oxidation sites excluding steroid dienone is 1. The molecular formula is C33H38N4O7. The van der Waals surface area contributed by atoms with E-state index in [2.05, 4.69) is 22.2 Å². The quantitative estimate of drug-likeness (QED) is 0.254. The van der Waals surface area contributed by atoms with E-state index in [1.165, 1.54) is 6.08 Å². The van der Waals surface area contributed by atoms with Crippen LogP contribution in [0.1, 0.15) is 80.7 Å². The summed E-state index contributed by atoms with van der Waals surface area (Å²) in [5.74, 6) is -5.38. The molecule has 4 heterocycles. The number of rotatable bonds is 10. The van der Waals surface area contributed by atoms with E-state index in [0.29, 0.717) is 58.6 Å². The largest absolute Gasteiger partial charge is 0.481 e. The second-order valence-corrected chi connectivity index (χ2v) is 12.1. The minimum atomic E-state index is -1.48. The molecule has 11 heteroatoms. The molecule has 0 radical (unpaired) electrons. The summed E-state index contributed by atoms with van der Waals surface area (Å²) in [6, 6.07) is -0.577. The predicted octanol–water partition coefficient (Wildman–Crippen LogP) is 3.66. The monoisotopic (exact) mass is 602 g/mol. The highest BCUT2D eigenvalue weighted by Gasteiger charge is 2.48. The molecule has 0 aromatic carbocycles. The molecule has 4 aliphatic rings. The van der Waals surface area contributed by atoms with E-state index in [9.17, 15) is 34.2 Å². The minimum absolute atomic E-state index is 0.125. The van der Waals surface area contributed by atoms with Gasteiger partial charge in [0.1, 0.15) is 5.92 Å². The topological polar surface area (TPSA) is 178 Å². The molecule has 1 aliphatic carbocycles. The fraction of sp³-hybridized carbons (Fsp3) is 0.455. The molecule has 1 aromatic heterocycles. The van der Waals surface area contributed by atoms with Crippen LogP contribution >= 0.6 is 0 Å². The highest BCUT2D eigenvalue weighted by atomic mass is 16.4. The normalized spacial score (nSPS) is 28.1. The summed E-state index contributed by atoms with van der Waals surface area (Å²) in [6.07, 6.45) is 3.01. The van der Waals surface area contributed by atoms with Crippen LogP contribution in [-0.2, 0) is 25.6 Å². The molecule has 11 nitrogen and oxygen atoms in total. The first-order valence-corrected chi connectivity index (χ1v) is 15.0. The third kappa shape index (κ3) is 4.93. The van der Waals surface area contributed by atoms with Gasteiger partial charge in [-0.05, 0) is 50.3 Å². The van der Waals surface area contributed by atoms with E-state index in [-0.39, 0.29) is 48.2 Å². The number of H-pyrrole nitrogens is 1. The maximum absolute atomic E-state index is 13.7. The molecule has 232 valence electrons. The van der Waals surface area contributed by atoms with Crippen molar-refractivity contribution < 1.29 is 34.2 Å². The molecule has 0 bridgehead atoms. The number of carbonyl (C=O) groups is 5. The van der Waals surface area contributed by atoms with E-state index in [4.69, 9.17) is 4.99 Å². The van der Waals surface area contributed by atoms with E-state index in [0.717, 1.165) is 16.8 Å². The summed E-state index contributed by atoms with van der Waals surface area (Å²) in [7, 11) is 0. The van der Waals surface area contributed by atoms with Gasteiger partial charge in [0, 0.05) is 64.8 Å². The van der Waals surface area contributed by atoms with Gasteiger partial charge in [0.15, 0.2) is 5.78 Å². The lowest BCUT2D eigenvalue weighted by Crippen LogP contribution is -2.32. The Morgan fingerprint density at radius 2 is 1.70 bits per heavy atom. The second-order valence-electron chi connectivity index (χ2n) is 12.1. The summed E-state index contributed by atoms with van der Waals surface area (Å²) in [5.41, 5.74) is 6.41. The van der Waals surface area contributed by atoms with Gasteiger partial charge in [-0.15, -0.1) is 0 Å². The van der Waals surface area contributed by atoms with Crippen LogP contribution < -0.4 is 10.6 Å². The highest BCUT2D eigenvalue weighted by molar-refractivity contribution is 6.24. The van der Waals surface area contributed by atoms with Gasteiger partial charge in [0.05, 0.1) is 23.5 Å². The average molecular weight is 603 g/mol. The Morgan fingerprint density at radius 3 is 2.30 bits per heavy atom. The average Bonchev–Trinajstić information content (AvgIpc) is 3.68. The SMILES string of the molecule is C=CC1=C(C)C(CC2=N/C(=C3\c4[nH]c(CC5NC(=O)C(C)=C5CC)c(C)c4C(=O)[C@@H]3C(=O)O)[C@@H](CCC(=O)O)[C@@H]2C)NC1=O. The number of Topliss-reactive ketones (excluding diaryl/α,β-unsaturated/α-hetero) is 1. The first-order chi connectivity index (χ1) is 20.8. The maximum Gasteiger partial charge on any atom is 0.319 e. The summed E-state index contributed by atoms with van der Waals surface area (Å²) < 4.78 is 0. The number of aromatic amines is 1. The number of carbonyl (C=O) groups excluding carboxylic acids is 3. The molecule has 0 fully saturated rings. The number of hydrogen-bond acceptors (Lipinski definition) is 6. The van der Waals surface area contributed by atoms with Crippen molar-refractivity contribution in [1.29, 1.82) is 0 Å². The first-order valence-electron chi connectivity index (χ1n) is 15.0. The zero-order valence-corrected chi connectivity index (χ0v) is 25.6. The lowest BCUT2D eigenvalue weighted by Gasteiger charge is -2.21. The summed E-state index contributed by atoms with van der Waals surface area (Å²) >= 11 is 0. The molecular weight excluding hydrogens is 564 g/mol. The van der Waals surface area contributed by atoms with Crippen molar-refractivity contribution in [2.75, 3.05) is 0 Å². The van der Waals surface area contributed by atoms with Crippen molar-refractivity contribution in [3.05, 3.63) is 63.2 Å². The Kier molecular flexibility index (Phi) is 8.09. The number of aliphatic imine (C=N–C) groups is 1. The van der Waals surface area contributed by atoms with Crippen LogP contribution in [0.2, 0.25) is 0 Å².